The molecule has 3 atom stereocenters. The molecule has 0 radical (unpaired) electrons. The predicted molar refractivity (Wildman–Crippen MR) is 324 cm³/mol. The first-order valence-corrected chi connectivity index (χ1v) is 30.8. The van der Waals surface area contributed by atoms with Gasteiger partial charge in [0, 0.05) is 6.42 Å². The average molecular weight is 1060 g/mol. The second kappa shape index (κ2) is 54.9. The van der Waals surface area contributed by atoms with Gasteiger partial charge in [0.05, 0.1) is 39.9 Å². The van der Waals surface area contributed by atoms with E-state index in [4.69, 9.17) is 9.05 Å². The van der Waals surface area contributed by atoms with Crippen LogP contribution in [-0.4, -0.2) is 68.5 Å². The van der Waals surface area contributed by atoms with Crippen molar-refractivity contribution in [2.45, 2.75) is 212 Å². The zero-order valence-corrected chi connectivity index (χ0v) is 49.1. The Morgan fingerprint density at radius 1 is 0.480 bits per heavy atom. The molecule has 0 aliphatic rings. The average Bonchev–Trinajstić information content (AvgIpc) is 3.37. The van der Waals surface area contributed by atoms with Crippen molar-refractivity contribution in [3.8, 4) is 0 Å². The van der Waals surface area contributed by atoms with Crippen molar-refractivity contribution in [2.24, 2.45) is 0 Å². The molecule has 0 heterocycles. The SMILES string of the molecule is CC/C=C\C/C=C\C/C=C\C/C=C\C/C=C\C/C=C\C/C=C\C/C=C\C/C=C\C/C=C\CCCCCCCCCCCCC(=O)NC(COP(=O)([O-])OCC[N+](C)(C)C)C(O)/C=C/CC/C=C/CC/C=C/CCCC. The van der Waals surface area contributed by atoms with Crippen LogP contribution in [0.5, 0.6) is 0 Å². The summed E-state index contributed by atoms with van der Waals surface area (Å²) in [4.78, 5) is 25.4. The lowest BCUT2D eigenvalue weighted by atomic mass is 10.0. The zero-order valence-electron chi connectivity index (χ0n) is 48.2. The molecule has 0 spiro atoms. The number of carbonyl (C=O) groups excluding carboxylic acids is 1. The van der Waals surface area contributed by atoms with Crippen LogP contribution in [0.1, 0.15) is 200 Å². The molecule has 1 amide bonds. The number of allylic oxidation sites excluding steroid dienone is 25. The number of nitrogens with one attached hydrogen (secondary N) is 1. The molecule has 0 aromatic carbocycles. The summed E-state index contributed by atoms with van der Waals surface area (Å²) in [5, 5.41) is 13.8. The molecule has 3 unspecified atom stereocenters. The molecular formula is C66H109N2O6P. The van der Waals surface area contributed by atoms with Crippen molar-refractivity contribution in [2.75, 3.05) is 40.9 Å². The maximum atomic E-state index is 12.9. The van der Waals surface area contributed by atoms with Crippen molar-refractivity contribution >= 4 is 13.7 Å². The van der Waals surface area contributed by atoms with Crippen LogP contribution in [-0.2, 0) is 18.4 Å². The Labute approximate surface area is 461 Å². The summed E-state index contributed by atoms with van der Waals surface area (Å²) in [6.45, 7) is 4.42. The molecule has 0 saturated carbocycles. The molecule has 8 nitrogen and oxygen atoms in total. The molecule has 9 heteroatoms. The molecule has 0 aliphatic carbocycles. The molecule has 0 aromatic heterocycles. The third kappa shape index (κ3) is 57.7. The number of quaternary nitrogens is 1. The second-order valence-electron chi connectivity index (χ2n) is 20.2. The highest BCUT2D eigenvalue weighted by molar-refractivity contribution is 7.45. The van der Waals surface area contributed by atoms with Crippen LogP contribution in [0.25, 0.3) is 0 Å². The molecule has 0 aliphatic heterocycles. The Morgan fingerprint density at radius 2 is 0.827 bits per heavy atom. The van der Waals surface area contributed by atoms with E-state index in [0.717, 1.165) is 128 Å². The summed E-state index contributed by atoms with van der Waals surface area (Å²) in [5.41, 5.74) is 0. The van der Waals surface area contributed by atoms with Crippen molar-refractivity contribution in [1.82, 2.24) is 5.32 Å². The number of aliphatic hydroxyl groups is 1. The van der Waals surface area contributed by atoms with Crippen LogP contribution in [0.4, 0.5) is 0 Å². The Balaban J connectivity index is 4.10. The summed E-state index contributed by atoms with van der Waals surface area (Å²) in [7, 11) is 1.21. The standard InChI is InChI=1S/C66H109N2O6P/c1-6-8-10-12-14-16-18-20-21-22-23-24-25-26-27-28-29-30-31-32-33-34-35-36-37-38-39-40-41-42-43-44-45-46-47-48-50-52-54-56-58-60-66(70)67-64(63-74-75(71,72)73-62-61-68(3,4)5)65(69)59-57-55-53-51-49-19-17-15-13-11-9-7-2/h8,10,13-16,20-21,23-24,26-27,29-30,32-33,35-36,38-39,41-42,49,51,57,59,64-65,69H,6-7,9,11-12,17-19,22,25,28,31,34,37,40,43-48,50,52-56,58,60-63H2,1-5H3,(H-,67,70,71,72)/b10-8-,15-13+,16-14-,21-20-,24-23-,27-26-,30-29-,33-32-,36-35-,39-38-,42-41-,51-49+,59-57+. The van der Waals surface area contributed by atoms with Crippen molar-refractivity contribution < 1.29 is 32.9 Å². The summed E-state index contributed by atoms with van der Waals surface area (Å²) in [6, 6.07) is -0.922. The summed E-state index contributed by atoms with van der Waals surface area (Å²) in [5.74, 6) is -0.225. The van der Waals surface area contributed by atoms with Gasteiger partial charge < -0.3 is 28.8 Å². The van der Waals surface area contributed by atoms with Crippen LogP contribution in [0.15, 0.2) is 158 Å². The fourth-order valence-corrected chi connectivity index (χ4v) is 8.10. The molecule has 0 fully saturated rings. The molecule has 0 aromatic rings. The van der Waals surface area contributed by atoms with E-state index in [1.165, 1.54) is 51.4 Å². The number of hydrogen-bond donors (Lipinski definition) is 2. The molecule has 75 heavy (non-hydrogen) atoms. The van der Waals surface area contributed by atoms with Crippen LogP contribution >= 0.6 is 7.82 Å². The largest absolute Gasteiger partial charge is 0.756 e. The van der Waals surface area contributed by atoms with E-state index >= 15 is 0 Å². The fourth-order valence-electron chi connectivity index (χ4n) is 7.37. The summed E-state index contributed by atoms with van der Waals surface area (Å²) in [6.07, 6.45) is 86.2. The Bertz CT molecular complexity index is 1770. The number of rotatable bonds is 51. The Morgan fingerprint density at radius 3 is 1.24 bits per heavy atom. The van der Waals surface area contributed by atoms with Gasteiger partial charge >= 0.3 is 0 Å². The van der Waals surface area contributed by atoms with Gasteiger partial charge in [0.15, 0.2) is 0 Å². The number of carbonyl (C=O) groups is 1. The molecular weight excluding hydrogens is 948 g/mol. The minimum absolute atomic E-state index is 0.0177. The third-order valence-electron chi connectivity index (χ3n) is 11.9. The van der Waals surface area contributed by atoms with Gasteiger partial charge in [-0.15, -0.1) is 0 Å². The van der Waals surface area contributed by atoms with Crippen LogP contribution in [0, 0.1) is 0 Å². The van der Waals surface area contributed by atoms with Gasteiger partial charge in [-0.05, 0) is 116 Å². The van der Waals surface area contributed by atoms with E-state index in [9.17, 15) is 19.4 Å². The number of hydrogen-bond acceptors (Lipinski definition) is 6. The Kier molecular flexibility index (Phi) is 52.1. The lowest BCUT2D eigenvalue weighted by Gasteiger charge is -2.29. The van der Waals surface area contributed by atoms with Crippen molar-refractivity contribution in [3.05, 3.63) is 158 Å². The van der Waals surface area contributed by atoms with Crippen LogP contribution in [0.3, 0.4) is 0 Å². The molecule has 424 valence electrons. The fraction of sp³-hybridized carbons (Fsp3) is 0.591. The highest BCUT2D eigenvalue weighted by Crippen LogP contribution is 2.38. The van der Waals surface area contributed by atoms with Crippen LogP contribution < -0.4 is 10.2 Å². The first-order chi connectivity index (χ1) is 36.5. The number of likely N-dealkylation sites (N-methyl/N-ethyl adjacent to an activating group) is 1. The summed E-state index contributed by atoms with van der Waals surface area (Å²) < 4.78 is 23.2. The molecule has 2 N–H and O–H groups in total. The number of nitrogens with zero attached hydrogens (tertiary/aromatic N) is 1. The maximum Gasteiger partial charge on any atom is 0.268 e. The highest BCUT2D eigenvalue weighted by atomic mass is 31.2. The third-order valence-corrected chi connectivity index (χ3v) is 12.9. The second-order valence-corrected chi connectivity index (χ2v) is 21.7. The van der Waals surface area contributed by atoms with E-state index in [2.05, 4.69) is 165 Å². The van der Waals surface area contributed by atoms with E-state index < -0.39 is 26.6 Å². The summed E-state index contributed by atoms with van der Waals surface area (Å²) >= 11 is 0. The number of aliphatic hydroxyl groups excluding tert-OH is 1. The Hall–Kier alpha value is -3.88. The smallest absolute Gasteiger partial charge is 0.268 e. The topological polar surface area (TPSA) is 108 Å². The number of phosphoric ester groups is 1. The van der Waals surface area contributed by atoms with Gasteiger partial charge in [-0.3, -0.25) is 9.36 Å². The van der Waals surface area contributed by atoms with Gasteiger partial charge in [-0.2, -0.15) is 0 Å². The van der Waals surface area contributed by atoms with Gasteiger partial charge in [0.2, 0.25) is 5.91 Å². The number of unbranched alkanes of at least 4 members (excludes halogenated alkanes) is 14. The van der Waals surface area contributed by atoms with Gasteiger partial charge in [-0.25, -0.2) is 0 Å². The lowest BCUT2D eigenvalue weighted by molar-refractivity contribution is -0.870. The molecule has 0 saturated heterocycles. The first kappa shape index (κ1) is 71.1. The van der Waals surface area contributed by atoms with Gasteiger partial charge in [0.1, 0.15) is 13.2 Å². The lowest BCUT2D eigenvalue weighted by Crippen LogP contribution is -2.45. The predicted octanol–water partition coefficient (Wildman–Crippen LogP) is 17.6. The normalized spacial score (nSPS) is 15.0. The minimum atomic E-state index is -4.61. The van der Waals surface area contributed by atoms with Crippen molar-refractivity contribution in [1.29, 1.82) is 0 Å². The number of phosphoric acid groups is 1. The van der Waals surface area contributed by atoms with E-state index in [1.54, 1.807) is 6.08 Å². The van der Waals surface area contributed by atoms with E-state index in [0.29, 0.717) is 17.4 Å². The van der Waals surface area contributed by atoms with E-state index in [-0.39, 0.29) is 12.5 Å². The monoisotopic (exact) mass is 1060 g/mol. The van der Waals surface area contributed by atoms with Gasteiger partial charge in [-0.1, -0.05) is 236 Å². The highest BCUT2D eigenvalue weighted by Gasteiger charge is 2.23. The quantitative estimate of drug-likeness (QED) is 0.0272. The maximum absolute atomic E-state index is 12.9. The molecule has 0 rings (SSSR count). The van der Waals surface area contributed by atoms with Gasteiger partial charge in [0.25, 0.3) is 7.82 Å². The van der Waals surface area contributed by atoms with Crippen LogP contribution in [0.2, 0.25) is 0 Å². The van der Waals surface area contributed by atoms with Crippen molar-refractivity contribution in [3.63, 3.8) is 0 Å². The van der Waals surface area contributed by atoms with E-state index in [1.807, 2.05) is 27.2 Å². The first-order valence-electron chi connectivity index (χ1n) is 29.3. The number of amides is 1. The minimum Gasteiger partial charge on any atom is -0.756 e. The zero-order chi connectivity index (χ0) is 54.9. The molecule has 0 bridgehead atoms.